The highest BCUT2D eigenvalue weighted by Crippen LogP contribution is 2.45. The minimum atomic E-state index is -0.164. The first kappa shape index (κ1) is 28.2. The molecule has 0 bridgehead atoms. The zero-order valence-electron chi connectivity index (χ0n) is 23.7. The molecule has 0 N–H and O–H groups in total. The molecule has 0 unspecified atom stereocenters. The molecule has 1 heteroatoms. The summed E-state index contributed by atoms with van der Waals surface area (Å²) in [6, 6.07) is 9.49. The third kappa shape index (κ3) is 8.87. The summed E-state index contributed by atoms with van der Waals surface area (Å²) in [5.74, 6) is 6.00. The van der Waals surface area contributed by atoms with Crippen LogP contribution in [0.4, 0.5) is 4.39 Å². The first-order chi connectivity index (χ1) is 17.7. The highest BCUT2D eigenvalue weighted by atomic mass is 19.1. The SMILES string of the molecule is CCCC[C@H]1CC[C@H](CC[C@H]2CC[C@H](C3CCC(c4ccc(CCCCCF)cc4)CC3)CC2)CC1. The second kappa shape index (κ2) is 15.5. The highest BCUT2D eigenvalue weighted by molar-refractivity contribution is 5.26. The van der Waals surface area contributed by atoms with Crippen LogP contribution in [0.15, 0.2) is 24.3 Å². The van der Waals surface area contributed by atoms with Crippen molar-refractivity contribution in [1.29, 1.82) is 0 Å². The van der Waals surface area contributed by atoms with Crippen LogP contribution in [0.2, 0.25) is 0 Å². The van der Waals surface area contributed by atoms with Crippen molar-refractivity contribution >= 4 is 0 Å². The minimum Gasteiger partial charge on any atom is -0.251 e. The Morgan fingerprint density at radius 2 is 1.11 bits per heavy atom. The number of rotatable bonds is 13. The number of aryl methyl sites for hydroxylation is 1. The first-order valence-corrected chi connectivity index (χ1v) is 16.4. The molecule has 3 fully saturated rings. The lowest BCUT2D eigenvalue weighted by Gasteiger charge is -2.38. The Labute approximate surface area is 223 Å². The average molecular weight is 497 g/mol. The van der Waals surface area contributed by atoms with E-state index in [0.29, 0.717) is 0 Å². The van der Waals surface area contributed by atoms with Gasteiger partial charge in [-0.1, -0.05) is 108 Å². The van der Waals surface area contributed by atoms with Crippen molar-refractivity contribution in [3.63, 3.8) is 0 Å². The largest absolute Gasteiger partial charge is 0.251 e. The van der Waals surface area contributed by atoms with Crippen LogP contribution < -0.4 is 0 Å². The van der Waals surface area contributed by atoms with E-state index in [9.17, 15) is 4.39 Å². The van der Waals surface area contributed by atoms with E-state index < -0.39 is 0 Å². The molecule has 3 saturated carbocycles. The van der Waals surface area contributed by atoms with E-state index in [2.05, 4.69) is 31.2 Å². The van der Waals surface area contributed by atoms with Gasteiger partial charge in [0.2, 0.25) is 0 Å². The third-order valence-corrected chi connectivity index (χ3v) is 10.8. The van der Waals surface area contributed by atoms with E-state index >= 15 is 0 Å². The molecule has 0 amide bonds. The summed E-state index contributed by atoms with van der Waals surface area (Å²) in [4.78, 5) is 0. The summed E-state index contributed by atoms with van der Waals surface area (Å²) in [5, 5.41) is 0. The van der Waals surface area contributed by atoms with Crippen LogP contribution in [0.3, 0.4) is 0 Å². The minimum absolute atomic E-state index is 0.164. The first-order valence-electron chi connectivity index (χ1n) is 16.4. The smallest absolute Gasteiger partial charge is 0.0894 e. The molecule has 4 rings (SSSR count). The van der Waals surface area contributed by atoms with E-state index in [4.69, 9.17) is 0 Å². The fourth-order valence-corrected chi connectivity index (χ4v) is 8.20. The second-order valence-corrected chi connectivity index (χ2v) is 13.2. The van der Waals surface area contributed by atoms with Crippen LogP contribution in [-0.4, -0.2) is 6.67 Å². The van der Waals surface area contributed by atoms with Crippen molar-refractivity contribution in [2.75, 3.05) is 6.67 Å². The van der Waals surface area contributed by atoms with Gasteiger partial charge in [-0.15, -0.1) is 0 Å². The summed E-state index contributed by atoms with van der Waals surface area (Å²) in [5.41, 5.74) is 3.01. The maximum atomic E-state index is 12.3. The van der Waals surface area contributed by atoms with Crippen molar-refractivity contribution in [2.24, 2.45) is 29.6 Å². The summed E-state index contributed by atoms with van der Waals surface area (Å²) < 4.78 is 12.3. The zero-order valence-corrected chi connectivity index (χ0v) is 23.7. The molecule has 204 valence electrons. The van der Waals surface area contributed by atoms with Gasteiger partial charge in [-0.2, -0.15) is 0 Å². The van der Waals surface area contributed by atoms with Gasteiger partial charge in [0.05, 0.1) is 6.67 Å². The maximum Gasteiger partial charge on any atom is 0.0894 e. The predicted octanol–water partition coefficient (Wildman–Crippen LogP) is 11.2. The Bertz CT molecular complexity index is 684. The van der Waals surface area contributed by atoms with E-state index in [1.807, 2.05) is 0 Å². The molecular formula is C35H57F. The van der Waals surface area contributed by atoms with Gasteiger partial charge < -0.3 is 0 Å². The second-order valence-electron chi connectivity index (χ2n) is 13.2. The molecule has 0 atom stereocenters. The molecule has 1 aromatic rings. The average Bonchev–Trinajstić information content (AvgIpc) is 2.94. The lowest BCUT2D eigenvalue weighted by molar-refractivity contribution is 0.149. The van der Waals surface area contributed by atoms with Crippen molar-refractivity contribution < 1.29 is 4.39 Å². The number of alkyl halides is 1. The zero-order chi connectivity index (χ0) is 25.0. The normalized spacial score (nSPS) is 31.4. The van der Waals surface area contributed by atoms with Crippen LogP contribution in [0.1, 0.15) is 152 Å². The van der Waals surface area contributed by atoms with Gasteiger partial charge in [0.1, 0.15) is 0 Å². The number of benzene rings is 1. The molecule has 0 saturated heterocycles. The van der Waals surface area contributed by atoms with E-state index in [1.54, 1.807) is 5.56 Å². The van der Waals surface area contributed by atoms with Crippen molar-refractivity contribution in [3.8, 4) is 0 Å². The van der Waals surface area contributed by atoms with Crippen molar-refractivity contribution in [2.45, 2.75) is 148 Å². The molecule has 0 nitrogen and oxygen atoms in total. The molecule has 0 aliphatic heterocycles. The quantitative estimate of drug-likeness (QED) is 0.238. The molecule has 1 aromatic carbocycles. The molecule has 3 aliphatic carbocycles. The topological polar surface area (TPSA) is 0 Å². The van der Waals surface area contributed by atoms with Crippen molar-refractivity contribution in [1.82, 2.24) is 0 Å². The fourth-order valence-electron chi connectivity index (χ4n) is 8.20. The van der Waals surface area contributed by atoms with Crippen LogP contribution in [0.25, 0.3) is 0 Å². The molecule has 0 radical (unpaired) electrons. The molecule has 0 aromatic heterocycles. The summed E-state index contributed by atoms with van der Waals surface area (Å²) >= 11 is 0. The number of unbranched alkanes of at least 4 members (excludes halogenated alkanes) is 3. The molecular weight excluding hydrogens is 439 g/mol. The van der Waals surface area contributed by atoms with Crippen LogP contribution in [-0.2, 0) is 6.42 Å². The van der Waals surface area contributed by atoms with Gasteiger partial charge in [0.25, 0.3) is 0 Å². The lowest BCUT2D eigenvalue weighted by atomic mass is 9.67. The molecule has 0 spiro atoms. The van der Waals surface area contributed by atoms with Gasteiger partial charge in [0.15, 0.2) is 0 Å². The van der Waals surface area contributed by atoms with E-state index in [-0.39, 0.29) is 6.67 Å². The number of hydrogen-bond acceptors (Lipinski definition) is 0. The summed E-state index contributed by atoms with van der Waals surface area (Å²) in [6.07, 6.45) is 29.4. The lowest BCUT2D eigenvalue weighted by Crippen LogP contribution is -2.25. The number of hydrogen-bond donors (Lipinski definition) is 0. The summed E-state index contributed by atoms with van der Waals surface area (Å²) in [6.45, 7) is 2.18. The van der Waals surface area contributed by atoms with Crippen LogP contribution in [0, 0.1) is 29.6 Å². The van der Waals surface area contributed by atoms with E-state index in [0.717, 1.165) is 61.2 Å². The van der Waals surface area contributed by atoms with Crippen LogP contribution >= 0.6 is 0 Å². The Hall–Kier alpha value is -0.850. The third-order valence-electron chi connectivity index (χ3n) is 10.8. The standard InChI is InChI=1S/C35H57F/c1-2-3-7-28-9-11-30(12-10-28)13-14-31-17-21-33(22-18-31)35-25-23-34(24-26-35)32-19-15-29(16-20-32)8-5-4-6-27-36/h15-16,19-20,28,30-31,33-35H,2-14,17-18,21-27H2,1H3/t28-,30-,31-,33-,34?,35?. The monoisotopic (exact) mass is 496 g/mol. The molecule has 36 heavy (non-hydrogen) atoms. The van der Waals surface area contributed by atoms with Gasteiger partial charge in [-0.25, -0.2) is 0 Å². The Morgan fingerprint density at radius 1 is 0.583 bits per heavy atom. The van der Waals surface area contributed by atoms with Gasteiger partial charge in [-0.3, -0.25) is 4.39 Å². The predicted molar refractivity (Wildman–Crippen MR) is 154 cm³/mol. The maximum absolute atomic E-state index is 12.3. The summed E-state index contributed by atoms with van der Waals surface area (Å²) in [7, 11) is 0. The Balaban J connectivity index is 1.09. The Morgan fingerprint density at radius 3 is 1.67 bits per heavy atom. The molecule has 3 aliphatic rings. The highest BCUT2D eigenvalue weighted by Gasteiger charge is 2.31. The van der Waals surface area contributed by atoms with E-state index in [1.165, 1.54) is 115 Å². The van der Waals surface area contributed by atoms with Gasteiger partial charge in [-0.05, 0) is 104 Å². The van der Waals surface area contributed by atoms with Crippen LogP contribution in [0.5, 0.6) is 0 Å². The fraction of sp³-hybridized carbons (Fsp3) is 0.829. The van der Waals surface area contributed by atoms with Gasteiger partial charge in [0, 0.05) is 0 Å². The molecule has 0 heterocycles. The van der Waals surface area contributed by atoms with Gasteiger partial charge >= 0.3 is 0 Å². The Kier molecular flexibility index (Phi) is 12.2. The number of halogens is 1. The van der Waals surface area contributed by atoms with Crippen molar-refractivity contribution in [3.05, 3.63) is 35.4 Å².